The topological polar surface area (TPSA) is 67.4 Å². The van der Waals surface area contributed by atoms with E-state index in [1.807, 2.05) is 0 Å². The van der Waals surface area contributed by atoms with Gasteiger partial charge in [-0.1, -0.05) is 6.07 Å². The normalized spacial score (nSPS) is 12.9. The maximum atomic E-state index is 12.8. The minimum absolute atomic E-state index is 0.00759. The monoisotopic (exact) mass is 300 g/mol. The van der Waals surface area contributed by atoms with Crippen molar-refractivity contribution in [3.05, 3.63) is 59.4 Å². The maximum Gasteiger partial charge on any atom is 0.262 e. The van der Waals surface area contributed by atoms with Crippen molar-refractivity contribution in [3.8, 4) is 5.75 Å². The molecule has 3 rings (SSSR count). The van der Waals surface area contributed by atoms with Crippen molar-refractivity contribution in [2.75, 3.05) is 11.9 Å². The molecule has 6 heteroatoms. The van der Waals surface area contributed by atoms with Crippen LogP contribution in [0.1, 0.15) is 15.9 Å². The van der Waals surface area contributed by atoms with Crippen LogP contribution >= 0.6 is 0 Å². The third-order valence-electron chi connectivity index (χ3n) is 3.24. The molecule has 0 unspecified atom stereocenters. The molecule has 0 atom stereocenters. The molecule has 1 aliphatic heterocycles. The minimum atomic E-state index is -0.387. The smallest absolute Gasteiger partial charge is 0.262 e. The second-order valence-corrected chi connectivity index (χ2v) is 4.86. The number of anilines is 1. The molecule has 1 aliphatic rings. The van der Waals surface area contributed by atoms with Crippen molar-refractivity contribution in [3.63, 3.8) is 0 Å². The van der Waals surface area contributed by atoms with Gasteiger partial charge in [0.2, 0.25) is 0 Å². The number of ether oxygens (including phenoxy) is 1. The van der Waals surface area contributed by atoms with Gasteiger partial charge in [0.1, 0.15) is 11.6 Å². The van der Waals surface area contributed by atoms with Crippen LogP contribution in [0.2, 0.25) is 0 Å². The van der Waals surface area contributed by atoms with Crippen molar-refractivity contribution in [2.24, 2.45) is 0 Å². The van der Waals surface area contributed by atoms with Crippen LogP contribution in [0.3, 0.4) is 0 Å². The van der Waals surface area contributed by atoms with E-state index in [1.165, 1.54) is 24.3 Å². The predicted octanol–water partition coefficient (Wildman–Crippen LogP) is 2.09. The second kappa shape index (κ2) is 5.85. The Morgan fingerprint density at radius 2 is 2.00 bits per heavy atom. The van der Waals surface area contributed by atoms with Gasteiger partial charge in [-0.2, -0.15) is 0 Å². The summed E-state index contributed by atoms with van der Waals surface area (Å²) in [6.07, 6.45) is 0. The molecular formula is C16H13FN2O3. The summed E-state index contributed by atoms with van der Waals surface area (Å²) in [4.78, 5) is 23.2. The molecular weight excluding hydrogens is 287 g/mol. The molecule has 5 nitrogen and oxygen atoms in total. The maximum absolute atomic E-state index is 12.8. The number of benzene rings is 2. The van der Waals surface area contributed by atoms with E-state index >= 15 is 0 Å². The van der Waals surface area contributed by atoms with Gasteiger partial charge in [0, 0.05) is 12.1 Å². The predicted molar refractivity (Wildman–Crippen MR) is 78.1 cm³/mol. The van der Waals surface area contributed by atoms with Crippen LogP contribution in [-0.2, 0) is 11.3 Å². The Balaban J connectivity index is 1.66. The van der Waals surface area contributed by atoms with Gasteiger partial charge >= 0.3 is 0 Å². The number of nitrogens with one attached hydrogen (secondary N) is 2. The molecule has 0 bridgehead atoms. The molecule has 0 saturated carbocycles. The molecule has 2 aromatic carbocycles. The van der Waals surface area contributed by atoms with Gasteiger partial charge in [-0.05, 0) is 42.0 Å². The third-order valence-corrected chi connectivity index (χ3v) is 3.24. The number of hydrogen-bond acceptors (Lipinski definition) is 3. The van der Waals surface area contributed by atoms with Crippen molar-refractivity contribution in [1.29, 1.82) is 0 Å². The number of fused-ring (bicyclic) bond motifs is 1. The van der Waals surface area contributed by atoms with Crippen LogP contribution in [0.5, 0.6) is 5.75 Å². The fraction of sp³-hybridized carbons (Fsp3) is 0.125. The Hall–Kier alpha value is -2.89. The van der Waals surface area contributed by atoms with Gasteiger partial charge in [0.25, 0.3) is 11.8 Å². The van der Waals surface area contributed by atoms with Crippen LogP contribution in [0, 0.1) is 5.82 Å². The van der Waals surface area contributed by atoms with E-state index in [9.17, 15) is 14.0 Å². The van der Waals surface area contributed by atoms with Gasteiger partial charge < -0.3 is 15.4 Å². The summed E-state index contributed by atoms with van der Waals surface area (Å²) in [5, 5.41) is 5.45. The first kappa shape index (κ1) is 14.1. The zero-order valence-corrected chi connectivity index (χ0v) is 11.6. The lowest BCUT2D eigenvalue weighted by Gasteiger charge is -2.18. The van der Waals surface area contributed by atoms with E-state index in [0.29, 0.717) is 23.5 Å². The highest BCUT2D eigenvalue weighted by Gasteiger charge is 2.16. The fourth-order valence-electron chi connectivity index (χ4n) is 2.13. The lowest BCUT2D eigenvalue weighted by molar-refractivity contribution is -0.118. The van der Waals surface area contributed by atoms with E-state index in [4.69, 9.17) is 4.74 Å². The van der Waals surface area contributed by atoms with Gasteiger partial charge in [0.05, 0.1) is 5.69 Å². The number of halogens is 1. The highest BCUT2D eigenvalue weighted by atomic mass is 19.1. The Kier molecular flexibility index (Phi) is 3.74. The van der Waals surface area contributed by atoms with E-state index in [0.717, 1.165) is 5.56 Å². The van der Waals surface area contributed by atoms with Crippen LogP contribution < -0.4 is 15.4 Å². The number of amides is 2. The summed E-state index contributed by atoms with van der Waals surface area (Å²) in [6, 6.07) is 10.6. The third kappa shape index (κ3) is 3.06. The molecule has 22 heavy (non-hydrogen) atoms. The zero-order valence-electron chi connectivity index (χ0n) is 11.6. The van der Waals surface area contributed by atoms with E-state index in [-0.39, 0.29) is 24.2 Å². The second-order valence-electron chi connectivity index (χ2n) is 4.86. The van der Waals surface area contributed by atoms with E-state index < -0.39 is 0 Å². The van der Waals surface area contributed by atoms with Crippen LogP contribution in [0.4, 0.5) is 10.1 Å². The molecule has 0 aromatic heterocycles. The summed E-state index contributed by atoms with van der Waals surface area (Å²) in [6.45, 7) is 0.299. The van der Waals surface area contributed by atoms with Crippen LogP contribution in [0.15, 0.2) is 42.5 Å². The molecule has 0 radical (unpaired) electrons. The lowest BCUT2D eigenvalue weighted by Crippen LogP contribution is -2.26. The molecule has 0 aliphatic carbocycles. The molecule has 0 saturated heterocycles. The minimum Gasteiger partial charge on any atom is -0.482 e. The van der Waals surface area contributed by atoms with Crippen molar-refractivity contribution < 1.29 is 18.7 Å². The molecule has 2 aromatic rings. The first-order valence-electron chi connectivity index (χ1n) is 6.71. The standard InChI is InChI=1S/C16H13FN2O3/c17-12-4-2-11(3-5-12)16(21)18-8-10-1-6-14-13(7-10)19-15(20)9-22-14/h1-7H,8-9H2,(H,18,21)(H,19,20). The highest BCUT2D eigenvalue weighted by Crippen LogP contribution is 2.28. The Labute approximate surface area is 126 Å². The van der Waals surface area contributed by atoms with Crippen molar-refractivity contribution >= 4 is 17.5 Å². The average molecular weight is 300 g/mol. The first-order valence-corrected chi connectivity index (χ1v) is 6.71. The van der Waals surface area contributed by atoms with E-state index in [2.05, 4.69) is 10.6 Å². The van der Waals surface area contributed by atoms with Gasteiger partial charge in [0.15, 0.2) is 6.61 Å². The van der Waals surface area contributed by atoms with Gasteiger partial charge in [-0.15, -0.1) is 0 Å². The fourth-order valence-corrected chi connectivity index (χ4v) is 2.13. The lowest BCUT2D eigenvalue weighted by atomic mass is 10.1. The Bertz CT molecular complexity index is 729. The molecule has 2 N–H and O–H groups in total. The van der Waals surface area contributed by atoms with Crippen molar-refractivity contribution in [2.45, 2.75) is 6.54 Å². The van der Waals surface area contributed by atoms with E-state index in [1.54, 1.807) is 18.2 Å². The summed E-state index contributed by atoms with van der Waals surface area (Å²) >= 11 is 0. The highest BCUT2D eigenvalue weighted by molar-refractivity contribution is 5.95. The molecule has 2 amide bonds. The molecule has 0 fully saturated rings. The molecule has 0 spiro atoms. The SMILES string of the molecule is O=C1COc2ccc(CNC(=O)c3ccc(F)cc3)cc2N1. The zero-order chi connectivity index (χ0) is 15.5. The largest absolute Gasteiger partial charge is 0.482 e. The number of carbonyl (C=O) groups is 2. The average Bonchev–Trinajstić information content (AvgIpc) is 2.53. The number of carbonyl (C=O) groups excluding carboxylic acids is 2. The number of hydrogen-bond donors (Lipinski definition) is 2. The van der Waals surface area contributed by atoms with Gasteiger partial charge in [-0.3, -0.25) is 9.59 Å². The number of rotatable bonds is 3. The summed E-state index contributed by atoms with van der Waals surface area (Å²) in [5.41, 5.74) is 1.79. The quantitative estimate of drug-likeness (QED) is 0.912. The summed E-state index contributed by atoms with van der Waals surface area (Å²) in [5.74, 6) is -0.284. The van der Waals surface area contributed by atoms with Gasteiger partial charge in [-0.25, -0.2) is 4.39 Å². The molecule has 1 heterocycles. The Morgan fingerprint density at radius 1 is 1.23 bits per heavy atom. The summed E-state index contributed by atoms with van der Waals surface area (Å²) in [7, 11) is 0. The summed E-state index contributed by atoms with van der Waals surface area (Å²) < 4.78 is 18.1. The van der Waals surface area contributed by atoms with Crippen LogP contribution in [-0.4, -0.2) is 18.4 Å². The van der Waals surface area contributed by atoms with Crippen molar-refractivity contribution in [1.82, 2.24) is 5.32 Å². The molecule has 112 valence electrons. The van der Waals surface area contributed by atoms with Crippen LogP contribution in [0.25, 0.3) is 0 Å². The Morgan fingerprint density at radius 3 is 2.77 bits per heavy atom. The first-order chi connectivity index (χ1) is 10.6.